The van der Waals surface area contributed by atoms with E-state index in [9.17, 15) is 22.8 Å². The minimum Gasteiger partial charge on any atom is -0.352 e. The summed E-state index contributed by atoms with van der Waals surface area (Å²) in [4.78, 5) is 35.8. The number of hydrogen-bond acceptors (Lipinski definition) is 4. The molecular formula is C24H26F3N5O2. The highest BCUT2D eigenvalue weighted by Gasteiger charge is 2.24. The van der Waals surface area contributed by atoms with E-state index in [1.807, 2.05) is 0 Å². The molecule has 2 heterocycles. The average molecular weight is 473 g/mol. The Morgan fingerprint density at radius 1 is 1.18 bits per heavy atom. The van der Waals surface area contributed by atoms with Crippen molar-refractivity contribution in [2.75, 3.05) is 5.32 Å². The lowest BCUT2D eigenvalue weighted by molar-refractivity contribution is -0.128. The van der Waals surface area contributed by atoms with E-state index >= 15 is 0 Å². The van der Waals surface area contributed by atoms with Crippen molar-refractivity contribution in [3.63, 3.8) is 0 Å². The first-order valence-corrected chi connectivity index (χ1v) is 10.6. The van der Waals surface area contributed by atoms with Gasteiger partial charge in [-0.1, -0.05) is 32.9 Å². The van der Waals surface area contributed by atoms with Crippen LogP contribution in [0.3, 0.4) is 0 Å². The van der Waals surface area contributed by atoms with E-state index in [4.69, 9.17) is 0 Å². The molecule has 0 saturated heterocycles. The number of carbonyl (C=O) groups is 2. The average Bonchev–Trinajstić information content (AvgIpc) is 3.12. The van der Waals surface area contributed by atoms with Gasteiger partial charge in [-0.2, -0.15) is 0 Å². The van der Waals surface area contributed by atoms with Gasteiger partial charge in [-0.25, -0.2) is 18.2 Å². The van der Waals surface area contributed by atoms with Crippen molar-refractivity contribution in [2.24, 2.45) is 5.41 Å². The second-order valence-corrected chi connectivity index (χ2v) is 8.96. The Balaban J connectivity index is 1.86. The van der Waals surface area contributed by atoms with Crippen molar-refractivity contribution >= 4 is 17.8 Å². The second kappa shape index (κ2) is 9.66. The van der Waals surface area contributed by atoms with Gasteiger partial charge in [0, 0.05) is 29.4 Å². The Kier molecular flexibility index (Phi) is 7.09. The molecule has 180 valence electrons. The molecule has 3 aromatic rings. The number of imidazole rings is 1. The molecule has 0 fully saturated rings. The number of nitrogens with one attached hydrogen (secondary N) is 3. The largest absolute Gasteiger partial charge is 0.352 e. The van der Waals surface area contributed by atoms with E-state index in [2.05, 4.69) is 25.6 Å². The third kappa shape index (κ3) is 5.44. The van der Waals surface area contributed by atoms with E-state index in [1.165, 1.54) is 12.3 Å². The number of carbonyl (C=O) groups excluding carboxylic acids is 2. The topological polar surface area (TPSA) is 99.8 Å². The summed E-state index contributed by atoms with van der Waals surface area (Å²) in [6.07, 6.45) is -1.80. The number of anilines is 1. The van der Waals surface area contributed by atoms with Crippen LogP contribution in [-0.4, -0.2) is 26.8 Å². The maximum absolute atomic E-state index is 14.5. The quantitative estimate of drug-likeness (QED) is 0.465. The van der Waals surface area contributed by atoms with Gasteiger partial charge in [-0.15, -0.1) is 0 Å². The monoisotopic (exact) mass is 473 g/mol. The lowest BCUT2D eigenvalue weighted by atomic mass is 9.95. The number of alkyl halides is 2. The highest BCUT2D eigenvalue weighted by atomic mass is 19.3. The third-order valence-corrected chi connectivity index (χ3v) is 5.12. The molecule has 1 aromatic carbocycles. The summed E-state index contributed by atoms with van der Waals surface area (Å²) in [5.74, 6) is -1.57. The first-order chi connectivity index (χ1) is 15.9. The molecule has 3 N–H and O–H groups in total. The highest BCUT2D eigenvalue weighted by molar-refractivity contribution is 6.04. The standard InChI is InChI=1S/C24H26F3N5O2/c1-12-7-6-8-15(17(12)25)18-13(2)30-23(31-18)32-21(33)16-9-14(10-28-19(16)20(26)27)11-29-22(34)24(3,4)5/h6-10,20H,11H2,1-5H3,(H,29,34)(H2,30,31,32,33). The fourth-order valence-electron chi connectivity index (χ4n) is 3.21. The van der Waals surface area contributed by atoms with Crippen LogP contribution in [0.1, 0.15) is 60.1 Å². The molecule has 0 aliphatic heterocycles. The zero-order valence-corrected chi connectivity index (χ0v) is 19.5. The number of nitrogens with zero attached hydrogens (tertiary/aromatic N) is 2. The molecule has 10 heteroatoms. The Morgan fingerprint density at radius 3 is 2.53 bits per heavy atom. The van der Waals surface area contributed by atoms with Gasteiger partial charge in [0.15, 0.2) is 0 Å². The van der Waals surface area contributed by atoms with Crippen LogP contribution in [0, 0.1) is 25.1 Å². The Morgan fingerprint density at radius 2 is 1.88 bits per heavy atom. The number of halogens is 3. The number of benzene rings is 1. The fourth-order valence-corrected chi connectivity index (χ4v) is 3.21. The number of amides is 2. The predicted molar refractivity (Wildman–Crippen MR) is 122 cm³/mol. The maximum Gasteiger partial charge on any atom is 0.281 e. The number of hydrogen-bond donors (Lipinski definition) is 3. The minimum atomic E-state index is -2.99. The van der Waals surface area contributed by atoms with Crippen molar-refractivity contribution in [2.45, 2.75) is 47.6 Å². The summed E-state index contributed by atoms with van der Waals surface area (Å²) in [6, 6.07) is 6.12. The molecule has 0 aliphatic rings. The number of aromatic nitrogens is 3. The molecule has 0 saturated carbocycles. The molecular weight excluding hydrogens is 447 g/mol. The van der Waals surface area contributed by atoms with Crippen LogP contribution in [0.2, 0.25) is 0 Å². The van der Waals surface area contributed by atoms with Crippen LogP contribution in [0.4, 0.5) is 19.1 Å². The van der Waals surface area contributed by atoms with Gasteiger partial charge in [0.05, 0.1) is 11.3 Å². The third-order valence-electron chi connectivity index (χ3n) is 5.12. The van der Waals surface area contributed by atoms with Gasteiger partial charge in [0.25, 0.3) is 12.3 Å². The van der Waals surface area contributed by atoms with E-state index in [1.54, 1.807) is 52.8 Å². The van der Waals surface area contributed by atoms with Gasteiger partial charge >= 0.3 is 0 Å². The van der Waals surface area contributed by atoms with E-state index < -0.39 is 29.3 Å². The van der Waals surface area contributed by atoms with E-state index in [0.717, 1.165) is 0 Å². The van der Waals surface area contributed by atoms with Gasteiger partial charge < -0.3 is 10.3 Å². The molecule has 7 nitrogen and oxygen atoms in total. The van der Waals surface area contributed by atoms with Crippen molar-refractivity contribution in [1.82, 2.24) is 20.3 Å². The summed E-state index contributed by atoms with van der Waals surface area (Å²) in [7, 11) is 0. The van der Waals surface area contributed by atoms with E-state index in [0.29, 0.717) is 22.5 Å². The zero-order chi connectivity index (χ0) is 25.2. The summed E-state index contributed by atoms with van der Waals surface area (Å²) in [5.41, 5.74) is 0.168. The predicted octanol–water partition coefficient (Wildman–Crippen LogP) is 5.08. The number of pyridine rings is 1. The Bertz CT molecular complexity index is 1230. The molecule has 34 heavy (non-hydrogen) atoms. The fraction of sp³-hybridized carbons (Fsp3) is 0.333. The SMILES string of the molecule is Cc1cccc(-c2nc(NC(=O)c3cc(CNC(=O)C(C)(C)C)cnc3C(F)F)[nH]c2C)c1F. The van der Waals surface area contributed by atoms with Crippen LogP contribution in [0.5, 0.6) is 0 Å². The van der Waals surface area contributed by atoms with Crippen LogP contribution in [0.15, 0.2) is 30.5 Å². The van der Waals surface area contributed by atoms with Gasteiger partial charge in [-0.3, -0.25) is 19.9 Å². The maximum atomic E-state index is 14.5. The normalized spacial score (nSPS) is 11.6. The molecule has 0 atom stereocenters. The van der Waals surface area contributed by atoms with Crippen molar-refractivity contribution in [1.29, 1.82) is 0 Å². The van der Waals surface area contributed by atoms with Crippen LogP contribution < -0.4 is 10.6 Å². The van der Waals surface area contributed by atoms with Crippen LogP contribution in [0.25, 0.3) is 11.3 Å². The Labute approximate surface area is 195 Å². The number of aryl methyl sites for hydroxylation is 2. The second-order valence-electron chi connectivity index (χ2n) is 8.96. The van der Waals surface area contributed by atoms with Crippen molar-refractivity contribution in [3.8, 4) is 11.3 Å². The van der Waals surface area contributed by atoms with Crippen molar-refractivity contribution in [3.05, 3.63) is 64.4 Å². The van der Waals surface area contributed by atoms with Gasteiger partial charge in [0.2, 0.25) is 11.9 Å². The molecule has 0 aliphatic carbocycles. The van der Waals surface area contributed by atoms with Gasteiger partial charge in [-0.05, 0) is 37.1 Å². The molecule has 0 radical (unpaired) electrons. The number of aromatic amines is 1. The van der Waals surface area contributed by atoms with Gasteiger partial charge in [0.1, 0.15) is 11.5 Å². The number of rotatable bonds is 6. The molecule has 0 bridgehead atoms. The smallest absolute Gasteiger partial charge is 0.281 e. The lowest BCUT2D eigenvalue weighted by Gasteiger charge is -2.18. The van der Waals surface area contributed by atoms with Crippen molar-refractivity contribution < 1.29 is 22.8 Å². The molecule has 0 spiro atoms. The number of H-pyrrole nitrogens is 1. The first kappa shape index (κ1) is 24.9. The van der Waals surface area contributed by atoms with E-state index in [-0.39, 0.29) is 29.5 Å². The molecule has 2 aromatic heterocycles. The minimum absolute atomic E-state index is 0.0174. The molecule has 3 rings (SSSR count). The highest BCUT2D eigenvalue weighted by Crippen LogP contribution is 2.28. The Hall–Kier alpha value is -3.69. The summed E-state index contributed by atoms with van der Waals surface area (Å²) >= 11 is 0. The molecule has 0 unspecified atom stereocenters. The van der Waals surface area contributed by atoms with Crippen LogP contribution >= 0.6 is 0 Å². The molecule has 2 amide bonds. The summed E-state index contributed by atoms with van der Waals surface area (Å²) < 4.78 is 41.6. The van der Waals surface area contributed by atoms with Crippen LogP contribution in [-0.2, 0) is 11.3 Å². The zero-order valence-electron chi connectivity index (χ0n) is 19.5. The summed E-state index contributed by atoms with van der Waals surface area (Å²) in [5, 5.41) is 5.14. The first-order valence-electron chi connectivity index (χ1n) is 10.6. The lowest BCUT2D eigenvalue weighted by Crippen LogP contribution is -2.34. The summed E-state index contributed by atoms with van der Waals surface area (Å²) in [6.45, 7) is 8.51.